The van der Waals surface area contributed by atoms with Crippen molar-refractivity contribution in [3.63, 3.8) is 0 Å². The van der Waals surface area contributed by atoms with E-state index < -0.39 is 24.3 Å². The van der Waals surface area contributed by atoms with E-state index in [-0.39, 0.29) is 11.3 Å². The first-order valence-corrected chi connectivity index (χ1v) is 5.51. The normalized spacial score (nSPS) is 10.2. The number of esters is 1. The van der Waals surface area contributed by atoms with Crippen molar-refractivity contribution in [3.05, 3.63) is 48.1 Å². The van der Waals surface area contributed by atoms with Gasteiger partial charge in [0, 0.05) is 11.6 Å². The molecule has 0 spiro atoms. The van der Waals surface area contributed by atoms with Crippen LogP contribution in [0.25, 0.3) is 6.08 Å². The molecule has 0 fully saturated rings. The molecule has 0 aliphatic heterocycles. The highest BCUT2D eigenvalue weighted by molar-refractivity contribution is 5.94. The fourth-order valence-electron chi connectivity index (χ4n) is 1.25. The highest BCUT2D eigenvalue weighted by Crippen LogP contribution is 2.15. The lowest BCUT2D eigenvalue weighted by Gasteiger charge is -2.05. The van der Waals surface area contributed by atoms with Gasteiger partial charge in [-0.25, -0.2) is 9.59 Å². The van der Waals surface area contributed by atoms with Gasteiger partial charge in [0.05, 0.1) is 6.42 Å². The molecule has 1 aromatic rings. The van der Waals surface area contributed by atoms with E-state index in [0.717, 1.165) is 6.08 Å². The Morgan fingerprint density at radius 2 is 1.75 bits per heavy atom. The largest absolute Gasteiger partial charge is 0.481 e. The molecule has 2 N–H and O–H groups in total. The summed E-state index contributed by atoms with van der Waals surface area (Å²) in [7, 11) is 0. The number of ether oxygens (including phenoxy) is 1. The van der Waals surface area contributed by atoms with Gasteiger partial charge in [-0.1, -0.05) is 18.7 Å². The molecule has 1 aromatic carbocycles. The van der Waals surface area contributed by atoms with Crippen molar-refractivity contribution in [1.29, 1.82) is 0 Å². The lowest BCUT2D eigenvalue weighted by molar-refractivity contribution is -0.138. The summed E-state index contributed by atoms with van der Waals surface area (Å²) >= 11 is 0. The topological polar surface area (TPSA) is 101 Å². The molecule has 0 bridgehead atoms. The van der Waals surface area contributed by atoms with Crippen LogP contribution in [0.2, 0.25) is 0 Å². The van der Waals surface area contributed by atoms with Crippen LogP contribution in [0.15, 0.2) is 42.5 Å². The molecule has 1 rings (SSSR count). The number of carbonyl (C=O) groups is 3. The average molecular weight is 276 g/mol. The van der Waals surface area contributed by atoms with Gasteiger partial charge in [-0.3, -0.25) is 4.79 Å². The molecule has 0 unspecified atom stereocenters. The van der Waals surface area contributed by atoms with Crippen molar-refractivity contribution in [2.45, 2.75) is 6.42 Å². The number of carboxylic acid groups (broad SMARTS) is 2. The molecule has 104 valence electrons. The number of rotatable bonds is 6. The Morgan fingerprint density at radius 3 is 2.25 bits per heavy atom. The number of carbonyl (C=O) groups excluding carboxylic acids is 1. The Balaban J connectivity index is 2.66. The summed E-state index contributed by atoms with van der Waals surface area (Å²) in [6.07, 6.45) is 1.88. The van der Waals surface area contributed by atoms with Crippen LogP contribution >= 0.6 is 0 Å². The zero-order valence-electron chi connectivity index (χ0n) is 10.4. The zero-order valence-corrected chi connectivity index (χ0v) is 10.4. The summed E-state index contributed by atoms with van der Waals surface area (Å²) in [4.78, 5) is 32.2. The third-order valence-corrected chi connectivity index (χ3v) is 2.16. The summed E-state index contributed by atoms with van der Waals surface area (Å²) in [5, 5.41) is 17.0. The van der Waals surface area contributed by atoms with Crippen molar-refractivity contribution < 1.29 is 29.3 Å². The van der Waals surface area contributed by atoms with Crippen LogP contribution in [-0.4, -0.2) is 28.1 Å². The molecule has 0 aromatic heterocycles. The molecule has 0 saturated heterocycles. The lowest BCUT2D eigenvalue weighted by Crippen LogP contribution is -2.13. The SMILES string of the molecule is C=C(CC(=O)O)C(=O)Oc1ccc(/C=C/C(=O)O)cc1. The summed E-state index contributed by atoms with van der Waals surface area (Å²) in [6.45, 7) is 3.33. The molecule has 6 nitrogen and oxygen atoms in total. The van der Waals surface area contributed by atoms with Crippen LogP contribution in [0.5, 0.6) is 5.75 Å². The lowest BCUT2D eigenvalue weighted by atomic mass is 10.2. The van der Waals surface area contributed by atoms with Crippen LogP contribution < -0.4 is 4.74 Å². The minimum absolute atomic E-state index is 0.160. The maximum Gasteiger partial charge on any atom is 0.339 e. The van der Waals surface area contributed by atoms with Gasteiger partial charge in [0.2, 0.25) is 0 Å². The van der Waals surface area contributed by atoms with E-state index in [1.54, 1.807) is 12.1 Å². The van der Waals surface area contributed by atoms with Gasteiger partial charge < -0.3 is 14.9 Å². The fourth-order valence-corrected chi connectivity index (χ4v) is 1.25. The average Bonchev–Trinajstić information content (AvgIpc) is 2.37. The van der Waals surface area contributed by atoms with Crippen LogP contribution in [0.1, 0.15) is 12.0 Å². The van der Waals surface area contributed by atoms with Gasteiger partial charge in [-0.15, -0.1) is 0 Å². The fraction of sp³-hybridized carbons (Fsp3) is 0.0714. The van der Waals surface area contributed by atoms with Crippen LogP contribution in [-0.2, 0) is 14.4 Å². The Morgan fingerprint density at radius 1 is 1.15 bits per heavy atom. The first kappa shape index (κ1) is 15.2. The van der Waals surface area contributed by atoms with Crippen LogP contribution in [0.4, 0.5) is 0 Å². The third kappa shape index (κ3) is 5.18. The van der Waals surface area contributed by atoms with Gasteiger partial charge in [0.15, 0.2) is 0 Å². The highest BCUT2D eigenvalue weighted by atomic mass is 16.5. The van der Waals surface area contributed by atoms with E-state index in [1.807, 2.05) is 0 Å². The van der Waals surface area contributed by atoms with Crippen LogP contribution in [0.3, 0.4) is 0 Å². The van der Waals surface area contributed by atoms with Gasteiger partial charge in [-0.2, -0.15) is 0 Å². The smallest absolute Gasteiger partial charge is 0.339 e. The predicted octanol–water partition coefficient (Wildman–Crippen LogP) is 1.72. The monoisotopic (exact) mass is 276 g/mol. The second kappa shape index (κ2) is 6.89. The summed E-state index contributed by atoms with van der Waals surface area (Å²) in [6, 6.07) is 6.05. The molecular formula is C14H12O6. The maximum atomic E-state index is 11.5. The van der Waals surface area contributed by atoms with Crippen molar-refractivity contribution in [3.8, 4) is 5.75 Å². The molecule has 0 amide bonds. The minimum Gasteiger partial charge on any atom is -0.481 e. The Kier molecular flexibility index (Phi) is 5.22. The summed E-state index contributed by atoms with van der Waals surface area (Å²) < 4.78 is 4.92. The summed E-state index contributed by atoms with van der Waals surface area (Å²) in [5.41, 5.74) is 0.462. The van der Waals surface area contributed by atoms with Crippen molar-refractivity contribution in [1.82, 2.24) is 0 Å². The van der Waals surface area contributed by atoms with Gasteiger partial charge in [0.1, 0.15) is 5.75 Å². The zero-order chi connectivity index (χ0) is 15.1. The number of hydrogen-bond acceptors (Lipinski definition) is 4. The molecule has 6 heteroatoms. The number of hydrogen-bond donors (Lipinski definition) is 2. The van der Waals surface area contributed by atoms with E-state index in [0.29, 0.717) is 5.56 Å². The second-order valence-electron chi connectivity index (χ2n) is 3.80. The standard InChI is InChI=1S/C14H12O6/c1-9(8-13(17)18)14(19)20-11-5-2-10(3-6-11)4-7-12(15)16/h2-7H,1,8H2,(H,15,16)(H,17,18)/b7-4+. The van der Waals surface area contributed by atoms with E-state index >= 15 is 0 Å². The number of benzene rings is 1. The molecule has 0 radical (unpaired) electrons. The Bertz CT molecular complexity index is 568. The third-order valence-electron chi connectivity index (χ3n) is 2.16. The predicted molar refractivity (Wildman–Crippen MR) is 70.1 cm³/mol. The molecule has 0 atom stereocenters. The second-order valence-corrected chi connectivity index (χ2v) is 3.80. The quantitative estimate of drug-likeness (QED) is 0.466. The van der Waals surface area contributed by atoms with Gasteiger partial charge in [-0.05, 0) is 23.8 Å². The van der Waals surface area contributed by atoms with E-state index in [4.69, 9.17) is 14.9 Å². The minimum atomic E-state index is -1.17. The first-order valence-electron chi connectivity index (χ1n) is 5.51. The number of carboxylic acids is 2. The van der Waals surface area contributed by atoms with Crippen molar-refractivity contribution >= 4 is 24.0 Å². The van der Waals surface area contributed by atoms with E-state index in [9.17, 15) is 14.4 Å². The van der Waals surface area contributed by atoms with Gasteiger partial charge >= 0.3 is 17.9 Å². The number of aliphatic carboxylic acids is 2. The first-order chi connectivity index (χ1) is 9.38. The molecule has 0 aliphatic rings. The van der Waals surface area contributed by atoms with E-state index in [1.165, 1.54) is 18.2 Å². The Hall–Kier alpha value is -2.89. The molecule has 0 heterocycles. The van der Waals surface area contributed by atoms with Crippen LogP contribution in [0, 0.1) is 0 Å². The van der Waals surface area contributed by atoms with Gasteiger partial charge in [0.25, 0.3) is 0 Å². The highest BCUT2D eigenvalue weighted by Gasteiger charge is 2.13. The van der Waals surface area contributed by atoms with Crippen molar-refractivity contribution in [2.24, 2.45) is 0 Å². The molecule has 0 aliphatic carbocycles. The molecular weight excluding hydrogens is 264 g/mol. The Labute approximate surface area is 114 Å². The molecule has 0 saturated carbocycles. The maximum absolute atomic E-state index is 11.5. The van der Waals surface area contributed by atoms with E-state index in [2.05, 4.69) is 6.58 Å². The summed E-state index contributed by atoms with van der Waals surface area (Å²) in [5.74, 6) is -2.83. The van der Waals surface area contributed by atoms with Crippen molar-refractivity contribution in [2.75, 3.05) is 0 Å². The molecule has 20 heavy (non-hydrogen) atoms.